The maximum atomic E-state index is 5.33. The molecule has 2 N–H and O–H groups in total. The van der Waals surface area contributed by atoms with E-state index in [2.05, 4.69) is 15.5 Å². The number of hydrogen-bond donors (Lipinski definition) is 1. The topological polar surface area (TPSA) is 72.9 Å². The Kier molecular flexibility index (Phi) is 1.21. The third kappa shape index (κ3) is 0.906. The van der Waals surface area contributed by atoms with Crippen molar-refractivity contribution < 1.29 is 0 Å². The average Bonchev–Trinajstić information content (AvgIpc) is 2.13. The van der Waals surface area contributed by atoms with Crippen molar-refractivity contribution in [1.29, 1.82) is 0 Å². The molecule has 6 heteroatoms. The summed E-state index contributed by atoms with van der Waals surface area (Å²) < 4.78 is 0. The van der Waals surface area contributed by atoms with Gasteiger partial charge in [-0.25, -0.2) is 0 Å². The number of rotatable bonds is 1. The van der Waals surface area contributed by atoms with Gasteiger partial charge in [0.1, 0.15) is 0 Å². The molecule has 0 fully saturated rings. The third-order valence-electron chi connectivity index (χ3n) is 0.856. The first-order valence-electron chi connectivity index (χ1n) is 2.43. The van der Waals surface area contributed by atoms with Gasteiger partial charge in [0.2, 0.25) is 0 Å². The molecule has 6 nitrogen and oxygen atoms in total. The fourth-order valence-electron chi connectivity index (χ4n) is 0.474. The van der Waals surface area contributed by atoms with Gasteiger partial charge in [-0.05, 0) is 10.4 Å². The van der Waals surface area contributed by atoms with E-state index in [4.69, 9.17) is 5.73 Å². The van der Waals surface area contributed by atoms with Gasteiger partial charge in [0.15, 0.2) is 0 Å². The number of nitrogens with zero attached hydrogens (tertiary/aromatic N) is 5. The number of hydrogen-bond acceptors (Lipinski definition) is 5. The molecular weight excluding hydrogens is 120 g/mol. The Balaban J connectivity index is 2.94. The van der Waals surface area contributed by atoms with Gasteiger partial charge in [-0.15, -0.1) is 4.79 Å². The van der Waals surface area contributed by atoms with E-state index in [1.165, 1.54) is 4.79 Å². The van der Waals surface area contributed by atoms with E-state index in [9.17, 15) is 0 Å². The number of nitrogens with two attached hydrogens (primary N) is 1. The lowest BCUT2D eigenvalue weighted by atomic mass is 11.0. The van der Waals surface area contributed by atoms with Crippen molar-refractivity contribution in [3.05, 3.63) is 0 Å². The fourth-order valence-corrected chi connectivity index (χ4v) is 0.474. The summed E-state index contributed by atoms with van der Waals surface area (Å²) >= 11 is 0. The normalized spacial score (nSPS) is 9.56. The van der Waals surface area contributed by atoms with Gasteiger partial charge in [-0.3, -0.25) is 5.01 Å². The minimum atomic E-state index is 0.292. The molecule has 0 saturated heterocycles. The second kappa shape index (κ2) is 1.88. The number of aromatic nitrogens is 4. The largest absolute Gasteiger partial charge is 0.365 e. The van der Waals surface area contributed by atoms with Crippen molar-refractivity contribution in [2.75, 3.05) is 24.8 Å². The molecule has 0 aromatic carbocycles. The van der Waals surface area contributed by atoms with Crippen molar-refractivity contribution in [2.45, 2.75) is 0 Å². The van der Waals surface area contributed by atoms with E-state index < -0.39 is 0 Å². The molecule has 1 aromatic heterocycles. The zero-order valence-electron chi connectivity index (χ0n) is 5.31. The predicted molar refractivity (Wildman–Crippen MR) is 32.3 cm³/mol. The van der Waals surface area contributed by atoms with Crippen LogP contribution in [0.2, 0.25) is 0 Å². The molecule has 50 valence electrons. The lowest BCUT2D eigenvalue weighted by molar-refractivity contribution is 0.616. The molecular formula is C3H8N6. The monoisotopic (exact) mass is 128 g/mol. The van der Waals surface area contributed by atoms with Crippen LogP contribution in [0.25, 0.3) is 0 Å². The van der Waals surface area contributed by atoms with E-state index in [-0.39, 0.29) is 0 Å². The summed E-state index contributed by atoms with van der Waals surface area (Å²) in [4.78, 5) is 1.39. The Hall–Kier alpha value is -1.33. The summed E-state index contributed by atoms with van der Waals surface area (Å²) in [6.07, 6.45) is 0. The molecule has 1 rings (SSSR count). The maximum Gasteiger partial charge on any atom is 0.260 e. The van der Waals surface area contributed by atoms with Gasteiger partial charge in [-0.2, -0.15) is 0 Å². The van der Waals surface area contributed by atoms with Gasteiger partial charge in [0.25, 0.3) is 5.95 Å². The molecule has 0 spiro atoms. The zero-order chi connectivity index (χ0) is 6.85. The van der Waals surface area contributed by atoms with Crippen molar-refractivity contribution in [3.63, 3.8) is 0 Å². The smallest absolute Gasteiger partial charge is 0.260 e. The van der Waals surface area contributed by atoms with Gasteiger partial charge < -0.3 is 5.73 Å². The Morgan fingerprint density at radius 1 is 1.56 bits per heavy atom. The quantitative estimate of drug-likeness (QED) is 0.496. The minimum absolute atomic E-state index is 0.292. The minimum Gasteiger partial charge on any atom is -0.365 e. The van der Waals surface area contributed by atoms with Crippen LogP contribution in [0.5, 0.6) is 0 Å². The van der Waals surface area contributed by atoms with Crippen LogP contribution in [-0.4, -0.2) is 34.4 Å². The number of anilines is 1. The standard InChI is InChI=1S/C3H8N6/c1-8(2)9-3(4)5-6-7-9/h1-2H3,(H2,4,5,7). The van der Waals surface area contributed by atoms with Crippen LogP contribution in [0.15, 0.2) is 0 Å². The van der Waals surface area contributed by atoms with Crippen LogP contribution >= 0.6 is 0 Å². The summed E-state index contributed by atoms with van der Waals surface area (Å²) in [5, 5.41) is 12.1. The molecule has 0 unspecified atom stereocenters. The zero-order valence-corrected chi connectivity index (χ0v) is 5.31. The number of nitrogen functional groups attached to an aromatic ring is 1. The van der Waals surface area contributed by atoms with Crippen LogP contribution in [0, 0.1) is 0 Å². The van der Waals surface area contributed by atoms with Crippen molar-refractivity contribution >= 4 is 5.95 Å². The molecule has 0 bridgehead atoms. The van der Waals surface area contributed by atoms with Crippen molar-refractivity contribution in [3.8, 4) is 0 Å². The first kappa shape index (κ1) is 5.80. The highest BCUT2D eigenvalue weighted by Crippen LogP contribution is 1.87. The second-order valence-corrected chi connectivity index (χ2v) is 1.77. The van der Waals surface area contributed by atoms with Crippen LogP contribution in [0.3, 0.4) is 0 Å². The Morgan fingerprint density at radius 3 is 2.44 bits per heavy atom. The average molecular weight is 128 g/mol. The SMILES string of the molecule is CN(C)n1nnnc1N. The van der Waals surface area contributed by atoms with E-state index in [1.807, 2.05) is 0 Å². The van der Waals surface area contributed by atoms with Crippen molar-refractivity contribution in [1.82, 2.24) is 20.3 Å². The lowest BCUT2D eigenvalue weighted by Crippen LogP contribution is -2.27. The third-order valence-corrected chi connectivity index (χ3v) is 0.856. The van der Waals surface area contributed by atoms with Gasteiger partial charge >= 0.3 is 0 Å². The molecule has 1 aromatic rings. The summed E-state index contributed by atoms with van der Waals surface area (Å²) in [6.45, 7) is 0. The van der Waals surface area contributed by atoms with Crippen LogP contribution in [-0.2, 0) is 0 Å². The highest BCUT2D eigenvalue weighted by atomic mass is 15.7. The summed E-state index contributed by atoms with van der Waals surface area (Å²) in [7, 11) is 3.60. The molecule has 0 aliphatic heterocycles. The molecule has 0 aliphatic rings. The maximum absolute atomic E-state index is 5.33. The molecule has 0 aliphatic carbocycles. The molecule has 9 heavy (non-hydrogen) atoms. The van der Waals surface area contributed by atoms with E-state index in [1.54, 1.807) is 19.1 Å². The van der Waals surface area contributed by atoms with E-state index >= 15 is 0 Å². The Labute approximate surface area is 52.2 Å². The predicted octanol–water partition coefficient (Wildman–Crippen LogP) is -1.55. The van der Waals surface area contributed by atoms with Crippen molar-refractivity contribution in [2.24, 2.45) is 0 Å². The van der Waals surface area contributed by atoms with Crippen LogP contribution in [0.4, 0.5) is 5.95 Å². The van der Waals surface area contributed by atoms with Gasteiger partial charge in [0.05, 0.1) is 0 Å². The van der Waals surface area contributed by atoms with E-state index in [0.29, 0.717) is 5.95 Å². The Bertz CT molecular complexity index is 190. The lowest BCUT2D eigenvalue weighted by Gasteiger charge is -2.09. The summed E-state index contributed by atoms with van der Waals surface area (Å²) in [5.41, 5.74) is 5.33. The summed E-state index contributed by atoms with van der Waals surface area (Å²) in [6, 6.07) is 0. The fraction of sp³-hybridized carbons (Fsp3) is 0.667. The second-order valence-electron chi connectivity index (χ2n) is 1.77. The first-order valence-corrected chi connectivity index (χ1v) is 2.43. The van der Waals surface area contributed by atoms with E-state index in [0.717, 1.165) is 0 Å². The highest BCUT2D eigenvalue weighted by molar-refractivity contribution is 5.11. The van der Waals surface area contributed by atoms with Crippen LogP contribution < -0.4 is 10.7 Å². The summed E-state index contributed by atoms with van der Waals surface area (Å²) in [5.74, 6) is 0.292. The Morgan fingerprint density at radius 2 is 2.22 bits per heavy atom. The molecule has 0 radical (unpaired) electrons. The molecule has 0 atom stereocenters. The molecule has 0 saturated carbocycles. The van der Waals surface area contributed by atoms with Crippen LogP contribution in [0.1, 0.15) is 0 Å². The molecule has 0 amide bonds. The van der Waals surface area contributed by atoms with Gasteiger partial charge in [0, 0.05) is 14.1 Å². The molecule has 1 heterocycles. The van der Waals surface area contributed by atoms with Gasteiger partial charge in [-0.1, -0.05) is 5.10 Å². The number of tetrazole rings is 1. The first-order chi connectivity index (χ1) is 4.22. The highest BCUT2D eigenvalue weighted by Gasteiger charge is 1.99.